The third-order valence-corrected chi connectivity index (χ3v) is 12.0. The summed E-state index contributed by atoms with van der Waals surface area (Å²) in [5.41, 5.74) is 0. The van der Waals surface area contributed by atoms with Gasteiger partial charge in [-0.25, -0.2) is 0 Å². The predicted octanol–water partition coefficient (Wildman–Crippen LogP) is 17.2. The maximum absolute atomic E-state index is 11.6. The lowest BCUT2D eigenvalue weighted by atomic mass is 10.0. The van der Waals surface area contributed by atoms with E-state index in [4.69, 9.17) is 0 Å². The molecule has 0 saturated carbocycles. The summed E-state index contributed by atoms with van der Waals surface area (Å²) in [5, 5.41) is 9.52. The summed E-state index contributed by atoms with van der Waals surface area (Å²) in [6.07, 6.45) is 57.9. The first-order valence-electron chi connectivity index (χ1n) is 24.6. The molecule has 0 aliphatic heterocycles. The van der Waals surface area contributed by atoms with E-state index in [1.165, 1.54) is 257 Å². The van der Waals surface area contributed by atoms with E-state index in [1.54, 1.807) is 0 Å². The van der Waals surface area contributed by atoms with Crippen molar-refractivity contribution >= 4 is 5.97 Å². The van der Waals surface area contributed by atoms with Gasteiger partial charge in [0.25, 0.3) is 0 Å². The maximum atomic E-state index is 11.6. The first kappa shape index (κ1) is 51.4. The molecule has 1 N–H and O–H groups in total. The van der Waals surface area contributed by atoms with Crippen LogP contribution in [-0.4, -0.2) is 35.1 Å². The van der Waals surface area contributed by atoms with Crippen LogP contribution in [0.25, 0.3) is 0 Å². The van der Waals surface area contributed by atoms with Crippen molar-refractivity contribution in [2.45, 2.75) is 296 Å². The van der Waals surface area contributed by atoms with Gasteiger partial charge in [0.1, 0.15) is 0 Å². The number of aliphatic carboxylic acids is 1. The SMILES string of the molecule is CCCCCCCCCCCCCCCCCCCCCCN(CCCCCCCCCCCCCCCCCCCCCC)C(CC)CC(=O)O. The largest absolute Gasteiger partial charge is 0.481 e. The summed E-state index contributed by atoms with van der Waals surface area (Å²) in [4.78, 5) is 14.1. The lowest BCUT2D eigenvalue weighted by molar-refractivity contribution is -0.138. The fraction of sp³-hybridized carbons (Fsp3) is 0.980. The summed E-state index contributed by atoms with van der Waals surface area (Å²) >= 11 is 0. The van der Waals surface area contributed by atoms with Gasteiger partial charge in [-0.3, -0.25) is 9.69 Å². The van der Waals surface area contributed by atoms with Crippen LogP contribution in [0.4, 0.5) is 0 Å². The van der Waals surface area contributed by atoms with Crippen molar-refractivity contribution < 1.29 is 9.90 Å². The van der Waals surface area contributed by atoms with Crippen LogP contribution >= 0.6 is 0 Å². The van der Waals surface area contributed by atoms with Crippen molar-refractivity contribution in [2.24, 2.45) is 0 Å². The maximum Gasteiger partial charge on any atom is 0.304 e. The molecule has 3 heteroatoms. The zero-order chi connectivity index (χ0) is 37.8. The second-order valence-electron chi connectivity index (χ2n) is 17.1. The quantitative estimate of drug-likeness (QED) is 0.0633. The predicted molar refractivity (Wildman–Crippen MR) is 234 cm³/mol. The fourth-order valence-electron chi connectivity index (χ4n) is 8.35. The van der Waals surface area contributed by atoms with Gasteiger partial charge in [0.15, 0.2) is 0 Å². The minimum Gasteiger partial charge on any atom is -0.481 e. The zero-order valence-corrected chi connectivity index (χ0v) is 36.5. The van der Waals surface area contributed by atoms with Crippen molar-refractivity contribution in [3.05, 3.63) is 0 Å². The van der Waals surface area contributed by atoms with E-state index in [-0.39, 0.29) is 6.04 Å². The number of carboxylic acid groups (broad SMARTS) is 1. The van der Waals surface area contributed by atoms with Gasteiger partial charge in [-0.15, -0.1) is 0 Å². The standard InChI is InChI=1S/C49H99NO2/c1-4-7-9-11-13-15-17-19-21-23-25-27-29-31-33-35-37-39-41-43-45-50(48(6-3)47-49(51)52)46-44-42-40-38-36-34-32-30-28-26-24-22-20-18-16-14-12-10-8-5-2/h48H,4-47H2,1-3H3,(H,51,52). The molecule has 0 rings (SSSR count). The fourth-order valence-corrected chi connectivity index (χ4v) is 8.35. The van der Waals surface area contributed by atoms with E-state index in [0.717, 1.165) is 19.5 Å². The average Bonchev–Trinajstić information content (AvgIpc) is 3.14. The number of hydrogen-bond acceptors (Lipinski definition) is 2. The summed E-state index contributed by atoms with van der Waals surface area (Å²) in [7, 11) is 0. The van der Waals surface area contributed by atoms with Gasteiger partial charge in [-0.1, -0.05) is 265 Å². The third kappa shape index (κ3) is 40.6. The highest BCUT2D eigenvalue weighted by molar-refractivity contribution is 5.67. The van der Waals surface area contributed by atoms with Crippen molar-refractivity contribution in [2.75, 3.05) is 13.1 Å². The molecule has 0 aromatic rings. The van der Waals surface area contributed by atoms with Crippen molar-refractivity contribution in [1.29, 1.82) is 0 Å². The van der Waals surface area contributed by atoms with E-state index < -0.39 is 5.97 Å². The highest BCUT2D eigenvalue weighted by atomic mass is 16.4. The molecule has 0 amide bonds. The van der Waals surface area contributed by atoms with Crippen LogP contribution in [0, 0.1) is 0 Å². The molecule has 0 radical (unpaired) electrons. The minimum atomic E-state index is -0.635. The first-order valence-corrected chi connectivity index (χ1v) is 24.6. The van der Waals surface area contributed by atoms with E-state index >= 15 is 0 Å². The number of hydrogen-bond donors (Lipinski definition) is 1. The summed E-state index contributed by atoms with van der Waals surface area (Å²) in [6, 6.07) is 0.207. The Morgan fingerprint density at radius 2 is 0.538 bits per heavy atom. The van der Waals surface area contributed by atoms with Crippen molar-refractivity contribution in [3.8, 4) is 0 Å². The molecule has 0 spiro atoms. The van der Waals surface area contributed by atoms with Gasteiger partial charge in [0.05, 0.1) is 6.42 Å². The Hall–Kier alpha value is -0.570. The van der Waals surface area contributed by atoms with Gasteiger partial charge in [0, 0.05) is 6.04 Å². The molecule has 1 atom stereocenters. The molecule has 1 unspecified atom stereocenters. The average molecular weight is 734 g/mol. The van der Waals surface area contributed by atoms with Crippen LogP contribution in [0.5, 0.6) is 0 Å². The number of rotatable bonds is 46. The molecule has 0 aromatic heterocycles. The van der Waals surface area contributed by atoms with Gasteiger partial charge < -0.3 is 5.11 Å². The molecule has 52 heavy (non-hydrogen) atoms. The first-order chi connectivity index (χ1) is 25.7. The van der Waals surface area contributed by atoms with Gasteiger partial charge in [-0.05, 0) is 32.4 Å². The normalized spacial score (nSPS) is 12.3. The van der Waals surface area contributed by atoms with Crippen molar-refractivity contribution in [1.82, 2.24) is 4.90 Å². The Morgan fingerprint density at radius 3 is 0.712 bits per heavy atom. The lowest BCUT2D eigenvalue weighted by Gasteiger charge is -2.30. The second kappa shape index (κ2) is 44.8. The molecule has 0 bridgehead atoms. The highest BCUT2D eigenvalue weighted by Crippen LogP contribution is 2.18. The van der Waals surface area contributed by atoms with E-state index in [9.17, 15) is 9.90 Å². The summed E-state index contributed by atoms with van der Waals surface area (Å²) < 4.78 is 0. The summed E-state index contributed by atoms with van der Waals surface area (Å²) in [6.45, 7) is 8.95. The smallest absolute Gasteiger partial charge is 0.304 e. The topological polar surface area (TPSA) is 40.5 Å². The number of carboxylic acids is 1. The van der Waals surface area contributed by atoms with Crippen molar-refractivity contribution in [3.63, 3.8) is 0 Å². The van der Waals surface area contributed by atoms with Gasteiger partial charge in [-0.2, -0.15) is 0 Å². The van der Waals surface area contributed by atoms with E-state index in [0.29, 0.717) is 6.42 Å². The van der Waals surface area contributed by atoms with E-state index in [1.807, 2.05) is 0 Å². The highest BCUT2D eigenvalue weighted by Gasteiger charge is 2.19. The second-order valence-corrected chi connectivity index (χ2v) is 17.1. The lowest BCUT2D eigenvalue weighted by Crippen LogP contribution is -2.38. The molecule has 0 aliphatic carbocycles. The van der Waals surface area contributed by atoms with Crippen LogP contribution in [0.3, 0.4) is 0 Å². The van der Waals surface area contributed by atoms with Crippen LogP contribution in [0.1, 0.15) is 290 Å². The number of unbranched alkanes of at least 4 members (excludes halogenated alkanes) is 38. The van der Waals surface area contributed by atoms with Crippen LogP contribution in [0.2, 0.25) is 0 Å². The molecule has 0 saturated heterocycles. The number of carbonyl (C=O) groups is 1. The Morgan fingerprint density at radius 1 is 0.346 bits per heavy atom. The number of nitrogens with zero attached hydrogens (tertiary/aromatic N) is 1. The summed E-state index contributed by atoms with van der Waals surface area (Å²) in [5.74, 6) is -0.635. The Balaban J connectivity index is 3.70. The third-order valence-electron chi connectivity index (χ3n) is 12.0. The van der Waals surface area contributed by atoms with Crippen LogP contribution in [0.15, 0.2) is 0 Å². The van der Waals surface area contributed by atoms with Crippen LogP contribution in [-0.2, 0) is 4.79 Å². The molecular weight excluding hydrogens is 635 g/mol. The van der Waals surface area contributed by atoms with Gasteiger partial charge in [0.2, 0.25) is 0 Å². The monoisotopic (exact) mass is 734 g/mol. The zero-order valence-electron chi connectivity index (χ0n) is 36.5. The van der Waals surface area contributed by atoms with E-state index in [2.05, 4.69) is 25.7 Å². The Labute approximate surface area is 329 Å². The molecule has 312 valence electrons. The molecule has 0 fully saturated rings. The minimum absolute atomic E-state index is 0.207. The van der Waals surface area contributed by atoms with Gasteiger partial charge >= 0.3 is 5.97 Å². The molecule has 0 aliphatic rings. The Kier molecular flexibility index (Phi) is 44.3. The Bertz CT molecular complexity index is 622. The van der Waals surface area contributed by atoms with Crippen LogP contribution < -0.4 is 0 Å². The molecular formula is C49H99NO2. The molecule has 0 aromatic carbocycles. The molecule has 3 nitrogen and oxygen atoms in total. The molecule has 0 heterocycles.